The molecule has 24 heavy (non-hydrogen) atoms. The first-order valence-corrected chi connectivity index (χ1v) is 8.84. The molecule has 2 aromatic carbocycles. The molecule has 0 spiro atoms. The van der Waals surface area contributed by atoms with Crippen molar-refractivity contribution in [1.82, 2.24) is 0 Å². The van der Waals surface area contributed by atoms with Gasteiger partial charge in [0.25, 0.3) is 0 Å². The van der Waals surface area contributed by atoms with Crippen molar-refractivity contribution >= 4 is 34.8 Å². The lowest BCUT2D eigenvalue weighted by molar-refractivity contribution is -0.129. The predicted octanol–water partition coefficient (Wildman–Crippen LogP) is 3.92. The van der Waals surface area contributed by atoms with Crippen LogP contribution in [0.3, 0.4) is 0 Å². The molecule has 0 amide bonds. The highest BCUT2D eigenvalue weighted by Gasteiger charge is 2.88. The zero-order valence-electron chi connectivity index (χ0n) is 12.7. The van der Waals surface area contributed by atoms with Gasteiger partial charge in [-0.2, -0.15) is 0 Å². The van der Waals surface area contributed by atoms with E-state index in [-0.39, 0.29) is 23.4 Å². The van der Waals surface area contributed by atoms with Crippen molar-refractivity contribution in [2.45, 2.75) is 21.6 Å². The van der Waals surface area contributed by atoms with Gasteiger partial charge in [-0.3, -0.25) is 9.59 Å². The van der Waals surface area contributed by atoms with Gasteiger partial charge in [-0.15, -0.1) is 23.2 Å². The van der Waals surface area contributed by atoms with Crippen LogP contribution in [0, 0.1) is 11.8 Å². The lowest BCUT2D eigenvalue weighted by Gasteiger charge is -2.16. The van der Waals surface area contributed by atoms with E-state index in [1.807, 2.05) is 60.7 Å². The Morgan fingerprint density at radius 1 is 0.583 bits per heavy atom. The second-order valence-electron chi connectivity index (χ2n) is 7.00. The first-order valence-electron chi connectivity index (χ1n) is 8.08. The minimum Gasteiger partial charge on any atom is -0.297 e. The molecule has 0 aromatic heterocycles. The van der Waals surface area contributed by atoms with Gasteiger partial charge >= 0.3 is 0 Å². The number of ketones is 2. The smallest absolute Gasteiger partial charge is 0.161 e. The van der Waals surface area contributed by atoms with Crippen LogP contribution < -0.4 is 0 Å². The molecular formula is C20H14Cl2O2. The second kappa shape index (κ2) is 4.50. The molecule has 3 saturated carbocycles. The van der Waals surface area contributed by atoms with E-state index in [4.69, 9.17) is 23.2 Å². The van der Waals surface area contributed by atoms with Gasteiger partial charge < -0.3 is 0 Å². The summed E-state index contributed by atoms with van der Waals surface area (Å²) in [5, 5.41) is 0. The van der Waals surface area contributed by atoms with E-state index < -0.39 is 21.6 Å². The fraction of sp³-hybridized carbons (Fsp3) is 0.300. The minimum atomic E-state index is -1.11. The van der Waals surface area contributed by atoms with Crippen molar-refractivity contribution < 1.29 is 9.59 Å². The SMILES string of the molecule is O=C1[C@@H]2[C@@H](c3ccccc3)[C@]2(Cl)C(=O)[C@H]2[C@H](c3ccccc3)[C@@]12Cl. The van der Waals surface area contributed by atoms with E-state index in [2.05, 4.69) is 0 Å². The lowest BCUT2D eigenvalue weighted by atomic mass is 9.97. The third-order valence-corrected chi connectivity index (χ3v) is 7.21. The summed E-state index contributed by atoms with van der Waals surface area (Å²) in [5.41, 5.74) is 1.88. The monoisotopic (exact) mass is 356 g/mol. The Bertz CT molecular complexity index is 792. The van der Waals surface area contributed by atoms with Gasteiger partial charge in [-0.25, -0.2) is 0 Å². The molecule has 4 heteroatoms. The highest BCUT2D eigenvalue weighted by atomic mass is 35.5. The first kappa shape index (κ1) is 14.7. The van der Waals surface area contributed by atoms with Crippen molar-refractivity contribution in [3.63, 3.8) is 0 Å². The number of hydrogen-bond donors (Lipinski definition) is 0. The highest BCUT2D eigenvalue weighted by Crippen LogP contribution is 2.78. The van der Waals surface area contributed by atoms with E-state index >= 15 is 0 Å². The number of hydrogen-bond acceptors (Lipinski definition) is 2. The van der Waals surface area contributed by atoms with Gasteiger partial charge in [0.1, 0.15) is 9.75 Å². The van der Waals surface area contributed by atoms with Crippen LogP contribution in [0.2, 0.25) is 0 Å². The number of halogens is 2. The normalized spacial score (nSPS) is 42.2. The van der Waals surface area contributed by atoms with E-state index in [0.717, 1.165) is 11.1 Å². The van der Waals surface area contributed by atoms with Gasteiger partial charge in [0.05, 0.1) is 11.8 Å². The lowest BCUT2D eigenvalue weighted by Crippen LogP contribution is -2.37. The summed E-state index contributed by atoms with van der Waals surface area (Å²) in [6.45, 7) is 0. The summed E-state index contributed by atoms with van der Waals surface area (Å²) in [7, 11) is 0. The maximum Gasteiger partial charge on any atom is 0.161 e. The molecule has 0 unspecified atom stereocenters. The Morgan fingerprint density at radius 2 is 0.917 bits per heavy atom. The number of benzene rings is 2. The standard InChI is InChI=1S/C20H14Cl2O2/c21-19-13(11-7-3-1-4-8-11)15(19)17(23)20(22)14(16(20)18(19)24)12-9-5-2-6-10-12/h1-10,13-16H/t13-,14+,15+,16-,19-,20+. The summed E-state index contributed by atoms with van der Waals surface area (Å²) in [6, 6.07) is 19.1. The van der Waals surface area contributed by atoms with Crippen LogP contribution in [-0.2, 0) is 9.59 Å². The van der Waals surface area contributed by atoms with Crippen LogP contribution >= 0.6 is 23.2 Å². The zero-order chi connectivity index (χ0) is 16.7. The van der Waals surface area contributed by atoms with Gasteiger partial charge in [-0.05, 0) is 11.1 Å². The molecule has 3 aliphatic carbocycles. The number of carbonyl (C=O) groups excluding carboxylic acids is 2. The van der Waals surface area contributed by atoms with Crippen LogP contribution in [0.1, 0.15) is 23.0 Å². The number of rotatable bonds is 2. The highest BCUT2D eigenvalue weighted by molar-refractivity contribution is 6.52. The molecule has 3 aliphatic rings. The molecule has 0 N–H and O–H groups in total. The van der Waals surface area contributed by atoms with Crippen LogP contribution in [0.5, 0.6) is 0 Å². The van der Waals surface area contributed by atoms with E-state index in [9.17, 15) is 9.59 Å². The maximum atomic E-state index is 13.1. The molecular weight excluding hydrogens is 343 g/mol. The summed E-state index contributed by atoms with van der Waals surface area (Å²) >= 11 is 13.4. The average molecular weight is 357 g/mol. The quantitative estimate of drug-likeness (QED) is 0.764. The summed E-state index contributed by atoms with van der Waals surface area (Å²) in [6.07, 6.45) is 0. The van der Waals surface area contributed by atoms with Crippen LogP contribution in [0.25, 0.3) is 0 Å². The van der Waals surface area contributed by atoms with Crippen molar-refractivity contribution in [2.75, 3.05) is 0 Å². The van der Waals surface area contributed by atoms with E-state index in [1.54, 1.807) is 0 Å². The molecule has 0 saturated heterocycles. The van der Waals surface area contributed by atoms with Crippen LogP contribution in [0.15, 0.2) is 60.7 Å². The molecule has 0 radical (unpaired) electrons. The van der Waals surface area contributed by atoms with Crippen LogP contribution in [0.4, 0.5) is 0 Å². The molecule has 3 fully saturated rings. The molecule has 5 rings (SSSR count). The van der Waals surface area contributed by atoms with Gasteiger partial charge in [-0.1, -0.05) is 60.7 Å². The number of fused-ring (bicyclic) bond motifs is 2. The number of carbonyl (C=O) groups is 2. The fourth-order valence-electron chi connectivity index (χ4n) is 4.68. The molecule has 6 atom stereocenters. The zero-order valence-corrected chi connectivity index (χ0v) is 14.2. The third-order valence-electron chi connectivity index (χ3n) is 5.90. The first-order chi connectivity index (χ1) is 11.5. The van der Waals surface area contributed by atoms with E-state index in [0.29, 0.717) is 0 Å². The van der Waals surface area contributed by atoms with Crippen molar-refractivity contribution in [3.05, 3.63) is 71.8 Å². The molecule has 0 bridgehead atoms. The Balaban J connectivity index is 1.55. The number of Topliss-reactive ketones (excluding diaryl/α,β-unsaturated/α-hetero) is 2. The second-order valence-corrected chi connectivity index (χ2v) is 8.25. The summed E-state index contributed by atoms with van der Waals surface area (Å²) in [4.78, 5) is 23.9. The number of alkyl halides is 2. The Hall–Kier alpha value is -1.64. The molecule has 0 aliphatic heterocycles. The van der Waals surface area contributed by atoms with Gasteiger partial charge in [0.2, 0.25) is 0 Å². The molecule has 0 heterocycles. The summed E-state index contributed by atoms with van der Waals surface area (Å²) < 4.78 is 0. The third kappa shape index (κ3) is 1.54. The minimum absolute atomic E-state index is 0.0635. The largest absolute Gasteiger partial charge is 0.297 e. The molecule has 2 nitrogen and oxygen atoms in total. The Kier molecular flexibility index (Phi) is 2.75. The van der Waals surface area contributed by atoms with Gasteiger partial charge in [0, 0.05) is 11.8 Å². The Morgan fingerprint density at radius 3 is 1.25 bits per heavy atom. The molecule has 2 aromatic rings. The Labute approximate surface area is 149 Å². The topological polar surface area (TPSA) is 34.1 Å². The summed E-state index contributed by atoms with van der Waals surface area (Å²) in [5.74, 6) is -1.63. The van der Waals surface area contributed by atoms with Gasteiger partial charge in [0.15, 0.2) is 11.6 Å². The molecule has 120 valence electrons. The fourth-order valence-corrected chi connectivity index (χ4v) is 5.74. The van der Waals surface area contributed by atoms with Crippen molar-refractivity contribution in [1.29, 1.82) is 0 Å². The predicted molar refractivity (Wildman–Crippen MR) is 92.5 cm³/mol. The average Bonchev–Trinajstić information content (AvgIpc) is 3.46. The maximum absolute atomic E-state index is 13.1. The van der Waals surface area contributed by atoms with Crippen LogP contribution in [-0.4, -0.2) is 21.3 Å². The van der Waals surface area contributed by atoms with Crippen molar-refractivity contribution in [2.24, 2.45) is 11.8 Å². The van der Waals surface area contributed by atoms with E-state index in [1.165, 1.54) is 0 Å². The van der Waals surface area contributed by atoms with Crippen molar-refractivity contribution in [3.8, 4) is 0 Å².